The van der Waals surface area contributed by atoms with Crippen molar-refractivity contribution in [3.63, 3.8) is 0 Å². The monoisotopic (exact) mass is 654 g/mol. The molecule has 2 amide bonds. The van der Waals surface area contributed by atoms with Crippen LogP contribution in [0, 0.1) is 10.1 Å². The van der Waals surface area contributed by atoms with Crippen molar-refractivity contribution in [2.24, 2.45) is 0 Å². The lowest BCUT2D eigenvalue weighted by Gasteiger charge is -2.34. The number of likely N-dealkylation sites (N-methyl/N-ethyl adjacent to an activating group) is 1. The highest BCUT2D eigenvalue weighted by Gasteiger charge is 2.35. The molecule has 1 unspecified atom stereocenters. The van der Waals surface area contributed by atoms with Gasteiger partial charge in [0.05, 0.1) is 15.5 Å². The van der Waals surface area contributed by atoms with E-state index in [4.69, 9.17) is 23.2 Å². The summed E-state index contributed by atoms with van der Waals surface area (Å²) in [5, 5.41) is 14.6. The molecule has 228 valence electrons. The normalized spacial score (nSPS) is 11.8. The van der Waals surface area contributed by atoms with Crippen molar-refractivity contribution in [3.8, 4) is 0 Å². The Balaban J connectivity index is 1.84. The molecule has 0 bridgehead atoms. The molecule has 44 heavy (non-hydrogen) atoms. The number of hydrogen-bond acceptors (Lipinski definition) is 6. The summed E-state index contributed by atoms with van der Waals surface area (Å²) in [4.78, 5) is 39.7. The number of halogens is 2. The molecule has 1 atom stereocenters. The van der Waals surface area contributed by atoms with Gasteiger partial charge in [0.1, 0.15) is 12.6 Å². The van der Waals surface area contributed by atoms with Crippen LogP contribution < -0.4 is 9.62 Å². The molecule has 0 aliphatic rings. The van der Waals surface area contributed by atoms with Gasteiger partial charge >= 0.3 is 0 Å². The predicted octanol–water partition coefficient (Wildman–Crippen LogP) is 5.48. The lowest BCUT2D eigenvalue weighted by molar-refractivity contribution is -0.384. The van der Waals surface area contributed by atoms with Gasteiger partial charge in [-0.05, 0) is 35.9 Å². The summed E-state index contributed by atoms with van der Waals surface area (Å²) in [5.74, 6) is -1.27. The molecule has 13 heteroatoms. The topological polar surface area (TPSA) is 130 Å². The molecule has 4 rings (SSSR count). The number of nitro groups is 1. The van der Waals surface area contributed by atoms with Crippen LogP contribution in [0.1, 0.15) is 11.1 Å². The van der Waals surface area contributed by atoms with Crippen LogP contribution >= 0.6 is 23.2 Å². The zero-order valence-electron chi connectivity index (χ0n) is 23.5. The largest absolute Gasteiger partial charge is 0.357 e. The summed E-state index contributed by atoms with van der Waals surface area (Å²) in [6, 6.07) is 25.1. The maximum Gasteiger partial charge on any atom is 0.271 e. The van der Waals surface area contributed by atoms with Crippen molar-refractivity contribution in [3.05, 3.63) is 134 Å². The van der Waals surface area contributed by atoms with Gasteiger partial charge in [-0.3, -0.25) is 24.0 Å². The summed E-state index contributed by atoms with van der Waals surface area (Å²) in [5.41, 5.74) is 0.637. The van der Waals surface area contributed by atoms with Gasteiger partial charge in [0, 0.05) is 47.8 Å². The first-order valence-corrected chi connectivity index (χ1v) is 15.5. The van der Waals surface area contributed by atoms with E-state index >= 15 is 0 Å². The third kappa shape index (κ3) is 7.54. The maximum atomic E-state index is 14.3. The second-order valence-electron chi connectivity index (χ2n) is 9.64. The molecule has 0 radical (unpaired) electrons. The van der Waals surface area contributed by atoms with Gasteiger partial charge in [-0.2, -0.15) is 0 Å². The van der Waals surface area contributed by atoms with Crippen LogP contribution in [-0.4, -0.2) is 49.7 Å². The van der Waals surface area contributed by atoms with Gasteiger partial charge in [-0.15, -0.1) is 0 Å². The van der Waals surface area contributed by atoms with Crippen LogP contribution in [0.15, 0.2) is 108 Å². The average molecular weight is 656 g/mol. The molecule has 0 heterocycles. The first-order valence-electron chi connectivity index (χ1n) is 13.3. The van der Waals surface area contributed by atoms with Crippen LogP contribution in [0.25, 0.3) is 0 Å². The van der Waals surface area contributed by atoms with Gasteiger partial charge in [0.25, 0.3) is 15.7 Å². The molecule has 0 aliphatic heterocycles. The van der Waals surface area contributed by atoms with Gasteiger partial charge in [0.15, 0.2) is 0 Å². The van der Waals surface area contributed by atoms with Crippen molar-refractivity contribution in [1.29, 1.82) is 0 Å². The van der Waals surface area contributed by atoms with E-state index < -0.39 is 39.3 Å². The van der Waals surface area contributed by atoms with E-state index in [0.29, 0.717) is 5.56 Å². The molecule has 4 aromatic rings. The molecule has 1 N–H and O–H groups in total. The van der Waals surface area contributed by atoms with E-state index in [9.17, 15) is 28.1 Å². The first kappa shape index (κ1) is 32.5. The van der Waals surface area contributed by atoms with Gasteiger partial charge in [-0.1, -0.05) is 83.9 Å². The van der Waals surface area contributed by atoms with Gasteiger partial charge in [-0.25, -0.2) is 8.42 Å². The smallest absolute Gasteiger partial charge is 0.271 e. The highest BCUT2D eigenvalue weighted by Crippen LogP contribution is 2.30. The average Bonchev–Trinajstić information content (AvgIpc) is 3.03. The molecule has 10 nitrogen and oxygen atoms in total. The molecule has 0 saturated heterocycles. The fourth-order valence-electron chi connectivity index (χ4n) is 4.58. The van der Waals surface area contributed by atoms with Crippen molar-refractivity contribution in [1.82, 2.24) is 10.2 Å². The number of carbonyl (C=O) groups excluding carboxylic acids is 2. The number of nitrogens with one attached hydrogen (secondary N) is 1. The van der Waals surface area contributed by atoms with E-state index in [0.717, 1.165) is 15.9 Å². The highest BCUT2D eigenvalue weighted by atomic mass is 35.5. The van der Waals surface area contributed by atoms with Crippen LogP contribution in [0.3, 0.4) is 0 Å². The minimum atomic E-state index is -4.41. The van der Waals surface area contributed by atoms with E-state index in [1.807, 2.05) is 6.07 Å². The Morgan fingerprint density at radius 2 is 1.48 bits per heavy atom. The van der Waals surface area contributed by atoms with E-state index in [1.54, 1.807) is 48.5 Å². The number of anilines is 1. The number of carbonyl (C=O) groups is 2. The third-order valence-corrected chi connectivity index (χ3v) is 9.34. The molecule has 0 aliphatic carbocycles. The maximum absolute atomic E-state index is 14.3. The zero-order valence-corrected chi connectivity index (χ0v) is 25.8. The van der Waals surface area contributed by atoms with Crippen LogP contribution in [0.5, 0.6) is 0 Å². The molecular formula is C31H28Cl2N4O6S. The molecule has 4 aromatic carbocycles. The minimum absolute atomic E-state index is 0.0938. The number of non-ortho nitro benzene ring substituents is 1. The van der Waals surface area contributed by atoms with Crippen molar-refractivity contribution < 1.29 is 22.9 Å². The second-order valence-corrected chi connectivity index (χ2v) is 12.3. The third-order valence-electron chi connectivity index (χ3n) is 6.85. The Morgan fingerprint density at radius 1 is 0.886 bits per heavy atom. The lowest BCUT2D eigenvalue weighted by atomic mass is 10.0. The molecular weight excluding hydrogens is 627 g/mol. The van der Waals surface area contributed by atoms with Crippen molar-refractivity contribution >= 4 is 56.4 Å². The Bertz CT molecular complexity index is 1740. The second kappa shape index (κ2) is 14.3. The number of benzene rings is 4. The predicted molar refractivity (Wildman–Crippen MR) is 169 cm³/mol. The lowest BCUT2D eigenvalue weighted by Crippen LogP contribution is -2.53. The quantitative estimate of drug-likeness (QED) is 0.159. The summed E-state index contributed by atoms with van der Waals surface area (Å²) in [6.45, 7) is -1.01. The van der Waals surface area contributed by atoms with Crippen LogP contribution in [-0.2, 0) is 32.6 Å². The van der Waals surface area contributed by atoms with E-state index in [2.05, 4.69) is 5.32 Å². The molecule has 0 spiro atoms. The Labute approximate surface area is 265 Å². The fraction of sp³-hybridized carbons (Fsp3) is 0.161. The molecule has 0 fully saturated rings. The number of amides is 2. The molecule has 0 aromatic heterocycles. The Kier molecular flexibility index (Phi) is 10.6. The van der Waals surface area contributed by atoms with Crippen LogP contribution in [0.2, 0.25) is 10.0 Å². The van der Waals surface area contributed by atoms with Crippen molar-refractivity contribution in [2.45, 2.75) is 23.9 Å². The summed E-state index contributed by atoms with van der Waals surface area (Å²) < 4.78 is 28.7. The standard InChI is InChI=1S/C31H28Cl2N4O6S/c1-34-31(39)29(18-22-10-4-2-5-11-22)35(20-26-27(32)16-9-17-28(26)33)30(38)21-36(23-12-8-13-24(19-23)37(40)41)44(42,43)25-14-6-3-7-15-25/h2-17,19,29H,18,20-21H2,1H3,(H,34,39). The van der Waals surface area contributed by atoms with Crippen molar-refractivity contribution in [2.75, 3.05) is 17.9 Å². The van der Waals surface area contributed by atoms with Gasteiger partial charge in [0.2, 0.25) is 11.8 Å². The summed E-state index contributed by atoms with van der Waals surface area (Å²) >= 11 is 12.9. The number of hydrogen-bond donors (Lipinski definition) is 1. The minimum Gasteiger partial charge on any atom is -0.357 e. The Morgan fingerprint density at radius 3 is 2.07 bits per heavy atom. The van der Waals surface area contributed by atoms with Gasteiger partial charge < -0.3 is 10.2 Å². The fourth-order valence-corrected chi connectivity index (χ4v) is 6.53. The zero-order chi connectivity index (χ0) is 31.9. The Hall–Kier alpha value is -4.45. The molecule has 0 saturated carbocycles. The van der Waals surface area contributed by atoms with Crippen LogP contribution in [0.4, 0.5) is 11.4 Å². The number of rotatable bonds is 12. The highest BCUT2D eigenvalue weighted by molar-refractivity contribution is 7.92. The SMILES string of the molecule is CNC(=O)C(Cc1ccccc1)N(Cc1c(Cl)cccc1Cl)C(=O)CN(c1cccc([N+](=O)[O-])c1)S(=O)(=O)c1ccccc1. The van der Waals surface area contributed by atoms with E-state index in [-0.39, 0.29) is 39.3 Å². The first-order chi connectivity index (χ1) is 21.0. The number of nitro benzene ring substituents is 1. The summed E-state index contributed by atoms with van der Waals surface area (Å²) in [6.07, 6.45) is 0.0938. The number of sulfonamides is 1. The summed E-state index contributed by atoms with van der Waals surface area (Å²) in [7, 11) is -2.98. The number of nitrogens with zero attached hydrogens (tertiary/aromatic N) is 3. The van der Waals surface area contributed by atoms with E-state index in [1.165, 1.54) is 54.4 Å².